The van der Waals surface area contributed by atoms with Gasteiger partial charge in [0, 0.05) is 6.04 Å². The van der Waals surface area contributed by atoms with Gasteiger partial charge in [-0.15, -0.1) is 0 Å². The van der Waals surface area contributed by atoms with E-state index < -0.39 is 0 Å². The minimum absolute atomic E-state index is 0.0109. The molecule has 23 heavy (non-hydrogen) atoms. The highest BCUT2D eigenvalue weighted by molar-refractivity contribution is 5.82. The fraction of sp³-hybridized carbons (Fsp3) is 0.350. The van der Waals surface area contributed by atoms with Crippen LogP contribution in [0.3, 0.4) is 0 Å². The first-order valence-corrected chi connectivity index (χ1v) is 8.31. The van der Waals surface area contributed by atoms with Crippen molar-refractivity contribution in [3.05, 3.63) is 71.3 Å². The molecule has 0 spiro atoms. The minimum Gasteiger partial charge on any atom is -0.352 e. The van der Waals surface area contributed by atoms with E-state index in [2.05, 4.69) is 54.0 Å². The second kappa shape index (κ2) is 6.97. The molecule has 3 rings (SSSR count). The summed E-state index contributed by atoms with van der Waals surface area (Å²) in [5.74, 6) is 0.0838. The summed E-state index contributed by atoms with van der Waals surface area (Å²) < 4.78 is 0. The summed E-state index contributed by atoms with van der Waals surface area (Å²) in [6, 6.07) is 18.9. The zero-order chi connectivity index (χ0) is 16.2. The van der Waals surface area contributed by atoms with Crippen LogP contribution in [0.25, 0.3) is 0 Å². The minimum atomic E-state index is -0.234. The first kappa shape index (κ1) is 15.8. The molecular weight excluding hydrogens is 284 g/mol. The lowest BCUT2D eigenvalue weighted by molar-refractivity contribution is -0.123. The highest BCUT2D eigenvalue weighted by Gasteiger charge is 2.27. The Morgan fingerprint density at radius 1 is 1.00 bits per heavy atom. The number of rotatable bonds is 6. The van der Waals surface area contributed by atoms with Crippen molar-refractivity contribution in [1.82, 2.24) is 10.6 Å². The second-order valence-corrected chi connectivity index (χ2v) is 6.43. The van der Waals surface area contributed by atoms with E-state index in [1.807, 2.05) is 25.1 Å². The molecule has 3 heteroatoms. The van der Waals surface area contributed by atoms with Gasteiger partial charge in [-0.1, -0.05) is 60.2 Å². The molecule has 0 unspecified atom stereocenters. The summed E-state index contributed by atoms with van der Waals surface area (Å²) in [4.78, 5) is 12.3. The molecule has 1 saturated carbocycles. The molecule has 2 N–H and O–H groups in total. The third-order valence-corrected chi connectivity index (χ3v) is 4.28. The number of carbonyl (C=O) groups is 1. The third-order valence-electron chi connectivity index (χ3n) is 4.28. The average molecular weight is 308 g/mol. The molecule has 0 aliphatic heterocycles. The lowest BCUT2D eigenvalue weighted by Gasteiger charge is -2.24. The second-order valence-electron chi connectivity index (χ2n) is 6.43. The molecule has 0 heterocycles. The van der Waals surface area contributed by atoms with Crippen molar-refractivity contribution in [3.8, 4) is 0 Å². The molecule has 2 atom stereocenters. The topological polar surface area (TPSA) is 41.1 Å². The fourth-order valence-corrected chi connectivity index (χ4v) is 2.67. The first-order chi connectivity index (χ1) is 11.1. The lowest BCUT2D eigenvalue weighted by Crippen LogP contribution is -2.44. The van der Waals surface area contributed by atoms with Crippen LogP contribution in [-0.2, 0) is 4.79 Å². The lowest BCUT2D eigenvalue weighted by atomic mass is 9.97. The predicted molar refractivity (Wildman–Crippen MR) is 93.2 cm³/mol. The Labute approximate surface area is 138 Å². The van der Waals surface area contributed by atoms with Crippen LogP contribution in [0.15, 0.2) is 54.6 Å². The van der Waals surface area contributed by atoms with Crippen LogP contribution < -0.4 is 10.6 Å². The maximum Gasteiger partial charge on any atom is 0.237 e. The van der Waals surface area contributed by atoms with Crippen molar-refractivity contribution in [2.24, 2.45) is 0 Å². The fourth-order valence-electron chi connectivity index (χ4n) is 2.67. The van der Waals surface area contributed by atoms with E-state index in [4.69, 9.17) is 0 Å². The Hall–Kier alpha value is -2.13. The molecule has 1 fully saturated rings. The van der Waals surface area contributed by atoms with E-state index in [0.717, 1.165) is 12.8 Å². The standard InChI is InChI=1S/C20H24N2O/c1-14-8-10-17(11-9-14)19(16-6-4-3-5-7-16)21-15(2)20(23)22-18-12-13-18/h3-11,15,18-19,21H,12-13H2,1-2H3,(H,22,23)/t15-,19-/m1/s1. The van der Waals surface area contributed by atoms with Crippen LogP contribution in [0, 0.1) is 6.92 Å². The summed E-state index contributed by atoms with van der Waals surface area (Å²) in [6.45, 7) is 4.02. The summed E-state index contributed by atoms with van der Waals surface area (Å²) in [5, 5.41) is 6.56. The number of amides is 1. The van der Waals surface area contributed by atoms with E-state index in [-0.39, 0.29) is 18.0 Å². The molecule has 120 valence electrons. The third kappa shape index (κ3) is 4.20. The van der Waals surface area contributed by atoms with E-state index in [1.54, 1.807) is 0 Å². The van der Waals surface area contributed by atoms with Crippen molar-refractivity contribution in [1.29, 1.82) is 0 Å². The maximum absolute atomic E-state index is 12.3. The summed E-state index contributed by atoms with van der Waals surface area (Å²) in [7, 11) is 0. The highest BCUT2D eigenvalue weighted by atomic mass is 16.2. The Balaban J connectivity index is 1.80. The molecule has 2 aromatic rings. The number of hydrogen-bond donors (Lipinski definition) is 2. The van der Waals surface area contributed by atoms with Gasteiger partial charge in [0.2, 0.25) is 5.91 Å². The van der Waals surface area contributed by atoms with Gasteiger partial charge in [0.05, 0.1) is 12.1 Å². The van der Waals surface area contributed by atoms with Gasteiger partial charge in [0.25, 0.3) is 0 Å². The van der Waals surface area contributed by atoms with Crippen LogP contribution in [0.1, 0.15) is 42.5 Å². The average Bonchev–Trinajstić information content (AvgIpc) is 3.38. The molecule has 1 aliphatic rings. The van der Waals surface area contributed by atoms with Gasteiger partial charge in [-0.25, -0.2) is 0 Å². The molecule has 3 nitrogen and oxygen atoms in total. The SMILES string of the molecule is Cc1ccc([C@H](N[C@H](C)C(=O)NC2CC2)c2ccccc2)cc1. The van der Waals surface area contributed by atoms with Crippen molar-refractivity contribution in [3.63, 3.8) is 0 Å². The normalized spacial score (nSPS) is 16.6. The smallest absolute Gasteiger partial charge is 0.237 e. The maximum atomic E-state index is 12.3. The van der Waals surface area contributed by atoms with Crippen molar-refractivity contribution >= 4 is 5.91 Å². The summed E-state index contributed by atoms with van der Waals surface area (Å²) >= 11 is 0. The van der Waals surface area contributed by atoms with Gasteiger partial charge < -0.3 is 5.32 Å². The van der Waals surface area contributed by atoms with Crippen molar-refractivity contribution in [2.75, 3.05) is 0 Å². The Bertz CT molecular complexity index is 647. The van der Waals surface area contributed by atoms with Gasteiger partial charge in [-0.3, -0.25) is 10.1 Å². The van der Waals surface area contributed by atoms with E-state index in [1.165, 1.54) is 16.7 Å². The monoisotopic (exact) mass is 308 g/mol. The van der Waals surface area contributed by atoms with E-state index in [0.29, 0.717) is 6.04 Å². The highest BCUT2D eigenvalue weighted by Crippen LogP contribution is 2.23. The zero-order valence-corrected chi connectivity index (χ0v) is 13.8. The zero-order valence-electron chi connectivity index (χ0n) is 13.8. The molecule has 0 aromatic heterocycles. The van der Waals surface area contributed by atoms with Crippen LogP contribution in [0.2, 0.25) is 0 Å². The van der Waals surface area contributed by atoms with Gasteiger partial charge in [0.1, 0.15) is 0 Å². The van der Waals surface area contributed by atoms with Gasteiger partial charge in [-0.05, 0) is 37.8 Å². The van der Waals surface area contributed by atoms with Crippen LogP contribution in [0.5, 0.6) is 0 Å². The number of hydrogen-bond acceptors (Lipinski definition) is 2. The molecule has 2 aromatic carbocycles. The van der Waals surface area contributed by atoms with Crippen molar-refractivity contribution in [2.45, 2.75) is 44.8 Å². The van der Waals surface area contributed by atoms with Crippen LogP contribution in [0.4, 0.5) is 0 Å². The van der Waals surface area contributed by atoms with E-state index in [9.17, 15) is 4.79 Å². The summed E-state index contributed by atoms with van der Waals surface area (Å²) in [5.41, 5.74) is 3.58. The molecule has 0 saturated heterocycles. The Morgan fingerprint density at radius 3 is 2.22 bits per heavy atom. The predicted octanol–water partition coefficient (Wildman–Crippen LogP) is 3.34. The Kier molecular flexibility index (Phi) is 4.77. The molecule has 1 amide bonds. The molecular formula is C20H24N2O. The van der Waals surface area contributed by atoms with E-state index >= 15 is 0 Å². The van der Waals surface area contributed by atoms with Crippen molar-refractivity contribution < 1.29 is 4.79 Å². The number of aryl methyl sites for hydroxylation is 1. The van der Waals surface area contributed by atoms with Crippen LogP contribution in [-0.4, -0.2) is 18.0 Å². The summed E-state index contributed by atoms with van der Waals surface area (Å²) in [6.07, 6.45) is 2.22. The van der Waals surface area contributed by atoms with Crippen LogP contribution >= 0.6 is 0 Å². The Morgan fingerprint density at radius 2 is 1.61 bits per heavy atom. The number of nitrogens with one attached hydrogen (secondary N) is 2. The van der Waals surface area contributed by atoms with Gasteiger partial charge >= 0.3 is 0 Å². The molecule has 0 bridgehead atoms. The quantitative estimate of drug-likeness (QED) is 0.859. The first-order valence-electron chi connectivity index (χ1n) is 8.31. The number of carbonyl (C=O) groups excluding carboxylic acids is 1. The molecule has 1 aliphatic carbocycles. The number of benzene rings is 2. The van der Waals surface area contributed by atoms with Gasteiger partial charge in [-0.2, -0.15) is 0 Å². The molecule has 0 radical (unpaired) electrons. The van der Waals surface area contributed by atoms with Gasteiger partial charge in [0.15, 0.2) is 0 Å². The largest absolute Gasteiger partial charge is 0.352 e.